The number of hydrogen-bond donors (Lipinski definition) is 2. The molecule has 2 nitrogen and oxygen atoms in total. The molecule has 11 heavy (non-hydrogen) atoms. The second-order valence-electron chi connectivity index (χ2n) is 1.28. The van der Waals surface area contributed by atoms with E-state index in [2.05, 4.69) is 0 Å². The predicted molar refractivity (Wildman–Crippen MR) is 53.0 cm³/mol. The maximum absolute atomic E-state index is 5.16. The molecule has 0 aromatic rings. The van der Waals surface area contributed by atoms with E-state index < -0.39 is 0 Å². The fraction of sp³-hybridized carbons (Fsp3) is 0.500. The number of rotatable bonds is 3. The van der Waals surface area contributed by atoms with E-state index in [1.807, 2.05) is 0 Å². The minimum Gasteiger partial charge on any atom is -0.358 e. The van der Waals surface area contributed by atoms with Gasteiger partial charge in [-0.05, 0) is 25.9 Å². The van der Waals surface area contributed by atoms with Crippen LogP contribution in [0.3, 0.4) is 0 Å². The van der Waals surface area contributed by atoms with Crippen LogP contribution in [0.5, 0.6) is 0 Å². The third-order valence-corrected chi connectivity index (χ3v) is 0.658. The zero-order chi connectivity index (χ0) is 4.83. The average molecular weight is 214 g/mol. The van der Waals surface area contributed by atoms with Crippen LogP contribution in [0.1, 0.15) is 12.8 Å². The molecule has 0 aliphatic heterocycles. The van der Waals surface area contributed by atoms with Gasteiger partial charge in [-0.1, -0.05) is 0 Å². The predicted octanol–water partition coefficient (Wildman–Crippen LogP) is 1.48. The van der Waals surface area contributed by atoms with E-state index in [-0.39, 0.29) is 49.2 Å². The van der Waals surface area contributed by atoms with Gasteiger partial charge < -0.3 is 41.2 Å². The maximum atomic E-state index is 5.16. The van der Waals surface area contributed by atoms with E-state index in [1.54, 1.807) is 0 Å². The molecule has 0 aliphatic rings. The molecule has 0 heterocycles. The first kappa shape index (κ1) is 41.8. The molecule has 0 atom stereocenters. The Labute approximate surface area is 86.9 Å². The van der Waals surface area contributed by atoms with Crippen LogP contribution >= 0.6 is 0 Å². The first-order valence-corrected chi connectivity index (χ1v) is 2.32. The summed E-state index contributed by atoms with van der Waals surface area (Å²) in [6.07, 6.45) is 2.13. The SMILES string of the molecule is NCCCCN.[CH3-].[CH3-].[CH3-].[CH3-].[Zn]. The van der Waals surface area contributed by atoms with E-state index >= 15 is 0 Å². The maximum Gasteiger partial charge on any atom is 0 e. The smallest absolute Gasteiger partial charge is 0 e. The van der Waals surface area contributed by atoms with E-state index in [0.717, 1.165) is 25.9 Å². The van der Waals surface area contributed by atoms with Crippen LogP contribution in [0.15, 0.2) is 0 Å². The summed E-state index contributed by atoms with van der Waals surface area (Å²) in [7, 11) is 0. The van der Waals surface area contributed by atoms with Crippen molar-refractivity contribution in [2.75, 3.05) is 13.1 Å². The van der Waals surface area contributed by atoms with Gasteiger partial charge in [0.2, 0.25) is 0 Å². The molecule has 0 radical (unpaired) electrons. The molecule has 0 aromatic carbocycles. The van der Waals surface area contributed by atoms with Crippen molar-refractivity contribution >= 4 is 0 Å². The number of unbranched alkanes of at least 4 members (excludes halogenated alkanes) is 1. The van der Waals surface area contributed by atoms with Gasteiger partial charge in [-0.25, -0.2) is 0 Å². The molecule has 0 saturated carbocycles. The molecule has 0 fully saturated rings. The molecular formula is C8H24N2Zn-4. The second kappa shape index (κ2) is 46.5. The molecule has 0 bridgehead atoms. The van der Waals surface area contributed by atoms with Gasteiger partial charge in [-0.15, -0.1) is 0 Å². The minimum absolute atomic E-state index is 0. The van der Waals surface area contributed by atoms with Crippen molar-refractivity contribution in [3.8, 4) is 0 Å². The van der Waals surface area contributed by atoms with Gasteiger partial charge in [-0.2, -0.15) is 0 Å². The fourth-order valence-corrected chi connectivity index (χ4v) is 0.289. The average Bonchev–Trinajstić information content (AvgIpc) is 1.61. The summed E-state index contributed by atoms with van der Waals surface area (Å²) in [5.74, 6) is 0. The van der Waals surface area contributed by atoms with Crippen LogP contribution in [0, 0.1) is 29.7 Å². The van der Waals surface area contributed by atoms with E-state index in [1.165, 1.54) is 0 Å². The molecule has 0 aliphatic carbocycles. The molecule has 0 rings (SSSR count). The Morgan fingerprint density at radius 3 is 0.909 bits per heavy atom. The van der Waals surface area contributed by atoms with Gasteiger partial charge in [0.1, 0.15) is 0 Å². The Morgan fingerprint density at radius 1 is 0.636 bits per heavy atom. The Balaban J connectivity index is -0.0000000125. The topological polar surface area (TPSA) is 52.0 Å². The first-order chi connectivity index (χ1) is 2.91. The summed E-state index contributed by atoms with van der Waals surface area (Å²) in [6, 6.07) is 0. The fourth-order valence-electron chi connectivity index (χ4n) is 0.289. The zero-order valence-corrected chi connectivity index (χ0v) is 11.7. The Morgan fingerprint density at radius 2 is 0.818 bits per heavy atom. The molecular weight excluding hydrogens is 189 g/mol. The third kappa shape index (κ3) is 61.3. The van der Waals surface area contributed by atoms with Crippen LogP contribution in [0.2, 0.25) is 0 Å². The van der Waals surface area contributed by atoms with Gasteiger partial charge >= 0.3 is 0 Å². The van der Waals surface area contributed by atoms with Crippen molar-refractivity contribution in [1.29, 1.82) is 0 Å². The molecule has 72 valence electrons. The Kier molecular flexibility index (Phi) is 177. The molecule has 3 heteroatoms. The van der Waals surface area contributed by atoms with Gasteiger partial charge in [0.25, 0.3) is 0 Å². The summed E-state index contributed by atoms with van der Waals surface area (Å²) in [5.41, 5.74) is 10.3. The van der Waals surface area contributed by atoms with Gasteiger partial charge in [0.05, 0.1) is 0 Å². The zero-order valence-electron chi connectivity index (χ0n) is 8.69. The molecule has 0 unspecified atom stereocenters. The number of hydrogen-bond acceptors (Lipinski definition) is 2. The van der Waals surface area contributed by atoms with Crippen molar-refractivity contribution in [1.82, 2.24) is 0 Å². The van der Waals surface area contributed by atoms with E-state index in [4.69, 9.17) is 11.5 Å². The van der Waals surface area contributed by atoms with E-state index in [9.17, 15) is 0 Å². The summed E-state index contributed by atoms with van der Waals surface area (Å²) >= 11 is 0. The third-order valence-electron chi connectivity index (χ3n) is 0.658. The first-order valence-electron chi connectivity index (χ1n) is 2.32. The second-order valence-corrected chi connectivity index (χ2v) is 1.28. The van der Waals surface area contributed by atoms with Gasteiger partial charge in [-0.3, -0.25) is 0 Å². The minimum atomic E-state index is 0. The van der Waals surface area contributed by atoms with Gasteiger partial charge in [0, 0.05) is 19.5 Å². The van der Waals surface area contributed by atoms with Crippen molar-refractivity contribution in [2.24, 2.45) is 11.5 Å². The molecule has 4 N–H and O–H groups in total. The van der Waals surface area contributed by atoms with Crippen molar-refractivity contribution in [3.63, 3.8) is 0 Å². The summed E-state index contributed by atoms with van der Waals surface area (Å²) in [6.45, 7) is 1.55. The van der Waals surface area contributed by atoms with Crippen molar-refractivity contribution in [3.05, 3.63) is 29.7 Å². The van der Waals surface area contributed by atoms with Crippen LogP contribution in [-0.2, 0) is 19.5 Å². The van der Waals surface area contributed by atoms with Gasteiger partial charge in [0.15, 0.2) is 0 Å². The molecule has 0 saturated heterocycles. The van der Waals surface area contributed by atoms with Crippen molar-refractivity contribution < 1.29 is 19.5 Å². The van der Waals surface area contributed by atoms with E-state index in [0.29, 0.717) is 0 Å². The normalized spacial score (nSPS) is 4.91. The van der Waals surface area contributed by atoms with Crippen LogP contribution in [0.25, 0.3) is 0 Å². The number of nitrogens with two attached hydrogens (primary N) is 2. The monoisotopic (exact) mass is 212 g/mol. The van der Waals surface area contributed by atoms with Crippen LogP contribution < -0.4 is 11.5 Å². The molecule has 0 amide bonds. The summed E-state index contributed by atoms with van der Waals surface area (Å²) in [5, 5.41) is 0. The van der Waals surface area contributed by atoms with Crippen molar-refractivity contribution in [2.45, 2.75) is 12.8 Å². The largest absolute Gasteiger partial charge is 0.358 e. The van der Waals surface area contributed by atoms with Crippen LogP contribution in [-0.4, -0.2) is 13.1 Å². The quantitative estimate of drug-likeness (QED) is 0.424. The standard InChI is InChI=1S/C4H12N2.4CH3.Zn/c5-3-1-2-4-6;;;;;/h1-6H2;4*1H3;/q;4*-1;. The summed E-state index contributed by atoms with van der Waals surface area (Å²) < 4.78 is 0. The summed E-state index contributed by atoms with van der Waals surface area (Å²) in [4.78, 5) is 0. The Hall–Kier alpha value is 0.543. The van der Waals surface area contributed by atoms with Crippen LogP contribution in [0.4, 0.5) is 0 Å². The Bertz CT molecular complexity index is 24.1. The molecule has 0 aromatic heterocycles. The molecule has 0 spiro atoms.